The molecule has 4 aliphatic carbocycles. The van der Waals surface area contributed by atoms with Gasteiger partial charge in [0.05, 0.1) is 4.90 Å². The van der Waals surface area contributed by atoms with E-state index in [0.29, 0.717) is 0 Å². The zero-order valence-electron chi connectivity index (χ0n) is 13.8. The Morgan fingerprint density at radius 1 is 1.08 bits per heavy atom. The molecule has 1 aromatic rings. The fourth-order valence-electron chi connectivity index (χ4n) is 5.47. The van der Waals surface area contributed by atoms with Gasteiger partial charge in [0.2, 0.25) is 0 Å². The van der Waals surface area contributed by atoms with Crippen LogP contribution in [0, 0.1) is 23.2 Å². The number of hydrogen-bond acceptors (Lipinski definition) is 3. The summed E-state index contributed by atoms with van der Waals surface area (Å²) in [6, 6.07) is 6.62. The lowest BCUT2D eigenvalue weighted by atomic mass is 9.48. The molecule has 0 saturated heterocycles. The third-order valence-corrected chi connectivity index (χ3v) is 8.02. The summed E-state index contributed by atoms with van der Waals surface area (Å²) in [6.45, 7) is 2.01. The van der Waals surface area contributed by atoms with Crippen LogP contribution in [0.15, 0.2) is 38.7 Å². The molecule has 0 atom stereocenters. The molecule has 0 heterocycles. The Labute approximate surface area is 152 Å². The summed E-state index contributed by atoms with van der Waals surface area (Å²) in [5, 5.41) is 4.35. The fourth-order valence-corrected chi connectivity index (χ4v) is 6.59. The molecule has 4 bridgehead atoms. The Bertz CT molecular complexity index is 735. The molecular weight excluding hydrogens is 388 g/mol. The largest absolute Gasteiger partial charge is 0.276 e. The van der Waals surface area contributed by atoms with E-state index in [1.54, 1.807) is 24.3 Å². The van der Waals surface area contributed by atoms with Crippen molar-refractivity contribution < 1.29 is 8.42 Å². The number of halogens is 1. The molecule has 4 saturated carbocycles. The van der Waals surface area contributed by atoms with Crippen LogP contribution in [0.2, 0.25) is 0 Å². The molecule has 6 heteroatoms. The number of hydrogen-bond donors (Lipinski definition) is 1. The molecule has 0 spiro atoms. The summed E-state index contributed by atoms with van der Waals surface area (Å²) in [5.41, 5.74) is 1.11. The van der Waals surface area contributed by atoms with Gasteiger partial charge in [0.1, 0.15) is 0 Å². The van der Waals surface area contributed by atoms with E-state index in [4.69, 9.17) is 0 Å². The third kappa shape index (κ3) is 2.92. The van der Waals surface area contributed by atoms with Crippen molar-refractivity contribution >= 4 is 31.7 Å². The first kappa shape index (κ1) is 16.6. The fraction of sp³-hybridized carbons (Fsp3) is 0.611. The number of nitrogens with zero attached hydrogens (tertiary/aromatic N) is 1. The van der Waals surface area contributed by atoms with Crippen LogP contribution in [0.4, 0.5) is 0 Å². The van der Waals surface area contributed by atoms with Crippen LogP contribution in [-0.2, 0) is 10.0 Å². The van der Waals surface area contributed by atoms with E-state index >= 15 is 0 Å². The minimum absolute atomic E-state index is 0.136. The lowest BCUT2D eigenvalue weighted by Crippen LogP contribution is -2.49. The standard InChI is InChI=1S/C18H23BrN2O2S/c1-12(18-9-13-6-14(10-18)8-15(7-13)11-18)20-21-24(22,23)17-4-2-16(19)3-5-17/h2-5,13-15,21H,6-11H2,1H3. The highest BCUT2D eigenvalue weighted by molar-refractivity contribution is 9.10. The van der Waals surface area contributed by atoms with E-state index in [1.807, 2.05) is 6.92 Å². The molecule has 1 N–H and O–H groups in total. The van der Waals surface area contributed by atoms with E-state index < -0.39 is 10.0 Å². The Kier molecular flexibility index (Phi) is 4.03. The number of sulfonamides is 1. The van der Waals surface area contributed by atoms with Gasteiger partial charge in [-0.3, -0.25) is 0 Å². The van der Waals surface area contributed by atoms with E-state index in [-0.39, 0.29) is 10.3 Å². The van der Waals surface area contributed by atoms with Gasteiger partial charge >= 0.3 is 0 Å². The van der Waals surface area contributed by atoms with Crippen molar-refractivity contribution in [3.05, 3.63) is 28.7 Å². The first-order valence-corrected chi connectivity index (χ1v) is 11.0. The predicted molar refractivity (Wildman–Crippen MR) is 98.2 cm³/mol. The first-order chi connectivity index (χ1) is 11.4. The molecular formula is C18H23BrN2O2S. The minimum atomic E-state index is -3.60. The first-order valence-electron chi connectivity index (χ1n) is 8.68. The average molecular weight is 411 g/mol. The molecule has 5 rings (SSSR count). The molecule has 0 aromatic heterocycles. The van der Waals surface area contributed by atoms with Crippen LogP contribution in [0.5, 0.6) is 0 Å². The molecule has 130 valence electrons. The monoisotopic (exact) mass is 410 g/mol. The third-order valence-electron chi connectivity index (χ3n) is 6.26. The van der Waals surface area contributed by atoms with Crippen LogP contribution >= 0.6 is 15.9 Å². The van der Waals surface area contributed by atoms with Gasteiger partial charge in [0.15, 0.2) is 0 Å². The molecule has 1 aromatic carbocycles. The molecule has 0 aliphatic heterocycles. The van der Waals surface area contributed by atoms with E-state index in [9.17, 15) is 8.42 Å². The maximum absolute atomic E-state index is 12.4. The van der Waals surface area contributed by atoms with Crippen LogP contribution in [0.3, 0.4) is 0 Å². The maximum Gasteiger partial charge on any atom is 0.276 e. The second-order valence-corrected chi connectivity index (χ2v) is 10.5. The van der Waals surface area contributed by atoms with Crippen molar-refractivity contribution in [1.29, 1.82) is 0 Å². The molecule has 0 radical (unpaired) electrons. The second-order valence-electron chi connectivity index (χ2n) is 7.94. The molecule has 4 fully saturated rings. The van der Waals surface area contributed by atoms with Gasteiger partial charge in [-0.2, -0.15) is 13.5 Å². The molecule has 0 amide bonds. The number of benzene rings is 1. The van der Waals surface area contributed by atoms with Crippen molar-refractivity contribution in [2.75, 3.05) is 0 Å². The van der Waals surface area contributed by atoms with E-state index in [1.165, 1.54) is 38.5 Å². The summed E-state index contributed by atoms with van der Waals surface area (Å²) in [7, 11) is -3.60. The summed E-state index contributed by atoms with van der Waals surface area (Å²) in [5.74, 6) is 2.47. The molecule has 4 nitrogen and oxygen atoms in total. The van der Waals surface area contributed by atoms with Gasteiger partial charge in [0.25, 0.3) is 10.0 Å². The smallest absolute Gasteiger partial charge is 0.200 e. The van der Waals surface area contributed by atoms with Gasteiger partial charge in [-0.1, -0.05) is 15.9 Å². The quantitative estimate of drug-likeness (QED) is 0.593. The van der Waals surface area contributed by atoms with Gasteiger partial charge < -0.3 is 0 Å². The van der Waals surface area contributed by atoms with Crippen LogP contribution in [-0.4, -0.2) is 14.1 Å². The average Bonchev–Trinajstić information content (AvgIpc) is 2.52. The summed E-state index contributed by atoms with van der Waals surface area (Å²) in [6.07, 6.45) is 7.68. The molecule has 24 heavy (non-hydrogen) atoms. The highest BCUT2D eigenvalue weighted by atomic mass is 79.9. The SMILES string of the molecule is CC(=NNS(=O)(=O)c1ccc(Br)cc1)C12CC3CC(CC(C3)C1)C2. The van der Waals surface area contributed by atoms with Crippen LogP contribution < -0.4 is 4.83 Å². The number of nitrogens with one attached hydrogen (secondary N) is 1. The van der Waals surface area contributed by atoms with Crippen molar-refractivity contribution in [2.24, 2.45) is 28.3 Å². The second kappa shape index (κ2) is 5.84. The highest BCUT2D eigenvalue weighted by Crippen LogP contribution is 2.60. The minimum Gasteiger partial charge on any atom is -0.200 e. The Morgan fingerprint density at radius 2 is 1.58 bits per heavy atom. The zero-order chi connectivity index (χ0) is 16.9. The summed E-state index contributed by atoms with van der Waals surface area (Å²) >= 11 is 3.32. The number of hydrazone groups is 1. The Balaban J connectivity index is 1.54. The Morgan fingerprint density at radius 3 is 2.08 bits per heavy atom. The topological polar surface area (TPSA) is 58.5 Å². The molecule has 4 aliphatic rings. The lowest BCUT2D eigenvalue weighted by Gasteiger charge is -2.56. The van der Waals surface area contributed by atoms with Gasteiger partial charge in [-0.15, -0.1) is 0 Å². The van der Waals surface area contributed by atoms with E-state index in [0.717, 1.165) is 27.9 Å². The number of rotatable bonds is 4. The van der Waals surface area contributed by atoms with Crippen molar-refractivity contribution in [3.63, 3.8) is 0 Å². The lowest BCUT2D eigenvalue weighted by molar-refractivity contribution is -0.0127. The maximum atomic E-state index is 12.4. The Hall–Kier alpha value is -0.880. The zero-order valence-corrected chi connectivity index (χ0v) is 16.2. The van der Waals surface area contributed by atoms with Crippen LogP contribution in [0.1, 0.15) is 45.4 Å². The van der Waals surface area contributed by atoms with Gasteiger partial charge in [-0.25, -0.2) is 4.83 Å². The van der Waals surface area contributed by atoms with Gasteiger partial charge in [0, 0.05) is 15.6 Å². The van der Waals surface area contributed by atoms with Crippen molar-refractivity contribution in [3.8, 4) is 0 Å². The molecule has 0 unspecified atom stereocenters. The van der Waals surface area contributed by atoms with Gasteiger partial charge in [-0.05, 0) is 87.5 Å². The summed E-state index contributed by atoms with van der Waals surface area (Å²) < 4.78 is 25.7. The highest BCUT2D eigenvalue weighted by Gasteiger charge is 2.52. The summed E-state index contributed by atoms with van der Waals surface area (Å²) in [4.78, 5) is 2.71. The van der Waals surface area contributed by atoms with Crippen molar-refractivity contribution in [1.82, 2.24) is 4.83 Å². The van der Waals surface area contributed by atoms with E-state index in [2.05, 4.69) is 25.9 Å². The van der Waals surface area contributed by atoms with Crippen LogP contribution in [0.25, 0.3) is 0 Å². The predicted octanol–water partition coefficient (Wildman–Crippen LogP) is 4.32. The van der Waals surface area contributed by atoms with Crippen molar-refractivity contribution in [2.45, 2.75) is 50.3 Å². The normalized spacial score (nSPS) is 35.2.